The van der Waals surface area contributed by atoms with Crippen LogP contribution < -0.4 is 5.73 Å². The van der Waals surface area contributed by atoms with E-state index < -0.39 is 0 Å². The maximum absolute atomic E-state index is 6.37. The first-order valence-corrected chi connectivity index (χ1v) is 6.85. The van der Waals surface area contributed by atoms with Crippen molar-refractivity contribution >= 4 is 15.9 Å². The summed E-state index contributed by atoms with van der Waals surface area (Å²) in [5.74, 6) is 1.50. The highest BCUT2D eigenvalue weighted by atomic mass is 79.9. The van der Waals surface area contributed by atoms with Gasteiger partial charge in [-0.05, 0) is 40.6 Å². The Kier molecular flexibility index (Phi) is 3.70. The lowest BCUT2D eigenvalue weighted by Gasteiger charge is -2.20. The van der Waals surface area contributed by atoms with Crippen LogP contribution in [0.4, 0.5) is 0 Å². The second-order valence-electron chi connectivity index (χ2n) is 4.87. The number of aromatic nitrogens is 2. The molecule has 1 saturated carbocycles. The Bertz CT molecular complexity index is 342. The van der Waals surface area contributed by atoms with Crippen molar-refractivity contribution in [1.29, 1.82) is 0 Å². The van der Waals surface area contributed by atoms with Gasteiger partial charge in [0.1, 0.15) is 0 Å². The number of hydrogen-bond acceptors (Lipinski definition) is 2. The van der Waals surface area contributed by atoms with Crippen molar-refractivity contribution in [1.82, 2.24) is 9.78 Å². The van der Waals surface area contributed by atoms with Gasteiger partial charge in [0.05, 0.1) is 22.4 Å². The van der Waals surface area contributed by atoms with E-state index in [1.165, 1.54) is 25.7 Å². The molecule has 0 aromatic carbocycles. The third-order valence-electron chi connectivity index (χ3n) is 3.92. The van der Waals surface area contributed by atoms with Gasteiger partial charge in [0.15, 0.2) is 0 Å². The third-order valence-corrected chi connectivity index (χ3v) is 4.53. The molecule has 0 amide bonds. The minimum atomic E-state index is 0.124. The molecular formula is C12H20BrN3. The molecule has 16 heavy (non-hydrogen) atoms. The van der Waals surface area contributed by atoms with Crippen molar-refractivity contribution in [2.45, 2.75) is 38.6 Å². The van der Waals surface area contributed by atoms with E-state index in [-0.39, 0.29) is 6.04 Å². The molecule has 1 aliphatic carbocycles. The SMILES string of the molecule is CCC1CCC(C(N)c2c(Br)cnn2C)C1. The molecule has 1 aliphatic rings. The van der Waals surface area contributed by atoms with Gasteiger partial charge in [0.25, 0.3) is 0 Å². The number of hydrogen-bond donors (Lipinski definition) is 1. The predicted octanol–water partition coefficient (Wildman–Crippen LogP) is 3.01. The molecule has 1 aromatic rings. The first-order valence-electron chi connectivity index (χ1n) is 6.06. The maximum Gasteiger partial charge on any atom is 0.0692 e. The number of nitrogens with two attached hydrogens (primary N) is 1. The van der Waals surface area contributed by atoms with Crippen molar-refractivity contribution in [3.63, 3.8) is 0 Å². The molecule has 3 nitrogen and oxygen atoms in total. The van der Waals surface area contributed by atoms with Crippen molar-refractivity contribution in [3.8, 4) is 0 Å². The van der Waals surface area contributed by atoms with Crippen molar-refractivity contribution in [2.24, 2.45) is 24.6 Å². The molecule has 0 aliphatic heterocycles. The zero-order chi connectivity index (χ0) is 11.7. The molecule has 0 spiro atoms. The molecule has 3 atom stereocenters. The Morgan fingerprint density at radius 3 is 2.88 bits per heavy atom. The van der Waals surface area contributed by atoms with Crippen LogP contribution in [0, 0.1) is 11.8 Å². The first kappa shape index (κ1) is 12.1. The highest BCUT2D eigenvalue weighted by Crippen LogP contribution is 2.40. The van der Waals surface area contributed by atoms with Gasteiger partial charge in [0.2, 0.25) is 0 Å². The molecule has 1 fully saturated rings. The summed E-state index contributed by atoms with van der Waals surface area (Å²) in [5, 5.41) is 4.24. The minimum Gasteiger partial charge on any atom is -0.322 e. The third kappa shape index (κ3) is 2.18. The lowest BCUT2D eigenvalue weighted by atomic mass is 9.94. The lowest BCUT2D eigenvalue weighted by Crippen LogP contribution is -2.22. The van der Waals surface area contributed by atoms with Gasteiger partial charge in [-0.2, -0.15) is 5.10 Å². The average Bonchev–Trinajstić information content (AvgIpc) is 2.85. The fourth-order valence-electron chi connectivity index (χ4n) is 2.83. The van der Waals surface area contributed by atoms with E-state index >= 15 is 0 Å². The van der Waals surface area contributed by atoms with E-state index in [0.29, 0.717) is 5.92 Å². The summed E-state index contributed by atoms with van der Waals surface area (Å²) in [7, 11) is 1.96. The first-order chi connectivity index (χ1) is 7.63. The van der Waals surface area contributed by atoms with Crippen LogP contribution in [0.2, 0.25) is 0 Å². The van der Waals surface area contributed by atoms with Crippen LogP contribution >= 0.6 is 15.9 Å². The van der Waals surface area contributed by atoms with E-state index in [4.69, 9.17) is 5.73 Å². The number of aryl methyl sites for hydroxylation is 1. The van der Waals surface area contributed by atoms with Gasteiger partial charge in [0, 0.05) is 7.05 Å². The monoisotopic (exact) mass is 285 g/mol. The van der Waals surface area contributed by atoms with E-state index in [9.17, 15) is 0 Å². The van der Waals surface area contributed by atoms with E-state index in [1.807, 2.05) is 17.9 Å². The van der Waals surface area contributed by atoms with Gasteiger partial charge in [-0.25, -0.2) is 0 Å². The van der Waals surface area contributed by atoms with Crippen LogP contribution in [0.3, 0.4) is 0 Å². The smallest absolute Gasteiger partial charge is 0.0692 e. The zero-order valence-corrected chi connectivity index (χ0v) is 11.6. The van der Waals surface area contributed by atoms with Crippen molar-refractivity contribution in [2.75, 3.05) is 0 Å². The van der Waals surface area contributed by atoms with Crippen LogP contribution in [0.5, 0.6) is 0 Å². The molecule has 4 heteroatoms. The molecule has 1 heterocycles. The van der Waals surface area contributed by atoms with E-state index in [2.05, 4.69) is 28.0 Å². The Hall–Kier alpha value is -0.350. The summed E-state index contributed by atoms with van der Waals surface area (Å²) in [5.41, 5.74) is 7.51. The number of halogens is 1. The van der Waals surface area contributed by atoms with Crippen molar-refractivity contribution in [3.05, 3.63) is 16.4 Å². The molecule has 1 aromatic heterocycles. The van der Waals surface area contributed by atoms with Crippen LogP contribution in [0.15, 0.2) is 10.7 Å². The molecule has 2 N–H and O–H groups in total. The summed E-state index contributed by atoms with van der Waals surface area (Å²) in [4.78, 5) is 0. The Balaban J connectivity index is 2.11. The molecule has 0 bridgehead atoms. The average molecular weight is 286 g/mol. The molecule has 0 saturated heterocycles. The topological polar surface area (TPSA) is 43.8 Å². The standard InChI is InChI=1S/C12H20BrN3/c1-3-8-4-5-9(6-8)11(14)12-10(13)7-15-16(12)2/h7-9,11H,3-6,14H2,1-2H3. The Morgan fingerprint density at radius 2 is 2.38 bits per heavy atom. The van der Waals surface area contributed by atoms with Crippen LogP contribution in [-0.2, 0) is 7.05 Å². The van der Waals surface area contributed by atoms with Crippen LogP contribution in [0.1, 0.15) is 44.3 Å². The van der Waals surface area contributed by atoms with Gasteiger partial charge in [-0.3, -0.25) is 4.68 Å². The highest BCUT2D eigenvalue weighted by Gasteiger charge is 2.31. The minimum absolute atomic E-state index is 0.124. The summed E-state index contributed by atoms with van der Waals surface area (Å²) in [6.45, 7) is 2.28. The Labute approximate surface area is 106 Å². The highest BCUT2D eigenvalue weighted by molar-refractivity contribution is 9.10. The van der Waals surface area contributed by atoms with Gasteiger partial charge in [-0.1, -0.05) is 19.8 Å². The Morgan fingerprint density at radius 1 is 1.62 bits per heavy atom. The number of nitrogens with zero attached hydrogens (tertiary/aromatic N) is 2. The van der Waals surface area contributed by atoms with Gasteiger partial charge in [-0.15, -0.1) is 0 Å². The molecule has 90 valence electrons. The largest absolute Gasteiger partial charge is 0.322 e. The predicted molar refractivity (Wildman–Crippen MR) is 69.0 cm³/mol. The maximum atomic E-state index is 6.37. The second kappa shape index (κ2) is 4.88. The van der Waals surface area contributed by atoms with E-state index in [1.54, 1.807) is 0 Å². The molecule has 3 unspecified atom stereocenters. The summed E-state index contributed by atoms with van der Waals surface area (Å²) in [6, 6.07) is 0.124. The molecule has 0 radical (unpaired) electrons. The van der Waals surface area contributed by atoms with Crippen molar-refractivity contribution < 1.29 is 0 Å². The van der Waals surface area contributed by atoms with E-state index in [0.717, 1.165) is 16.1 Å². The second-order valence-corrected chi connectivity index (χ2v) is 5.73. The molecular weight excluding hydrogens is 266 g/mol. The summed E-state index contributed by atoms with van der Waals surface area (Å²) < 4.78 is 2.94. The summed E-state index contributed by atoms with van der Waals surface area (Å²) in [6.07, 6.45) is 6.99. The normalized spacial score (nSPS) is 27.2. The van der Waals surface area contributed by atoms with Gasteiger partial charge >= 0.3 is 0 Å². The van der Waals surface area contributed by atoms with Crippen LogP contribution in [0.25, 0.3) is 0 Å². The fourth-order valence-corrected chi connectivity index (χ4v) is 3.44. The zero-order valence-electron chi connectivity index (χ0n) is 9.99. The van der Waals surface area contributed by atoms with Gasteiger partial charge < -0.3 is 5.73 Å². The number of rotatable bonds is 3. The summed E-state index contributed by atoms with van der Waals surface area (Å²) >= 11 is 3.53. The lowest BCUT2D eigenvalue weighted by molar-refractivity contribution is 0.399. The quantitative estimate of drug-likeness (QED) is 0.928. The van der Waals surface area contributed by atoms with Crippen LogP contribution in [-0.4, -0.2) is 9.78 Å². The molecule has 2 rings (SSSR count). The fraction of sp³-hybridized carbons (Fsp3) is 0.750.